The van der Waals surface area contributed by atoms with Crippen LogP contribution in [0.4, 0.5) is 5.69 Å². The van der Waals surface area contributed by atoms with Gasteiger partial charge in [0, 0.05) is 25.6 Å². The highest BCUT2D eigenvalue weighted by Crippen LogP contribution is 2.49. The largest absolute Gasteiger partial charge is 0.378 e. The standard InChI is InChI=1S/C17H23N2O3P/c1-5-21-23(20,22-6-2)12-11-16(14-18)13-15-7-9-17(10-8-15)19(3)4/h7-13H,5-6H2,1-4H3/b12-11+,16-13-. The molecule has 0 radical (unpaired) electrons. The monoisotopic (exact) mass is 334 g/mol. The molecule has 0 saturated heterocycles. The molecule has 1 aromatic carbocycles. The summed E-state index contributed by atoms with van der Waals surface area (Å²) in [6.45, 7) is 4.04. The fourth-order valence-corrected chi connectivity index (χ4v) is 3.13. The van der Waals surface area contributed by atoms with Crippen molar-refractivity contribution in [2.75, 3.05) is 32.2 Å². The van der Waals surface area contributed by atoms with Crippen LogP contribution in [0.3, 0.4) is 0 Å². The van der Waals surface area contributed by atoms with Gasteiger partial charge in [0.1, 0.15) is 0 Å². The summed E-state index contributed by atoms with van der Waals surface area (Å²) >= 11 is 0. The van der Waals surface area contributed by atoms with Gasteiger partial charge in [0.15, 0.2) is 0 Å². The van der Waals surface area contributed by atoms with Crippen molar-refractivity contribution < 1.29 is 13.6 Å². The zero-order valence-corrected chi connectivity index (χ0v) is 14.9. The van der Waals surface area contributed by atoms with Gasteiger partial charge in [0.2, 0.25) is 0 Å². The third kappa shape index (κ3) is 6.42. The van der Waals surface area contributed by atoms with E-state index in [1.165, 1.54) is 11.9 Å². The minimum atomic E-state index is -3.29. The van der Waals surface area contributed by atoms with E-state index < -0.39 is 7.60 Å². The van der Waals surface area contributed by atoms with Gasteiger partial charge < -0.3 is 13.9 Å². The van der Waals surface area contributed by atoms with Gasteiger partial charge in [-0.3, -0.25) is 4.57 Å². The third-order valence-electron chi connectivity index (χ3n) is 2.92. The number of hydrogen-bond acceptors (Lipinski definition) is 5. The van der Waals surface area contributed by atoms with Crippen molar-refractivity contribution in [1.29, 1.82) is 5.26 Å². The maximum atomic E-state index is 12.3. The minimum Gasteiger partial charge on any atom is -0.378 e. The average Bonchev–Trinajstić information content (AvgIpc) is 2.52. The number of anilines is 1. The number of nitriles is 1. The SMILES string of the molecule is CCOP(=O)(/C=C/C(C#N)=C/c1ccc(N(C)C)cc1)OCC. The molecular weight excluding hydrogens is 311 g/mol. The Hall–Kier alpha value is -1.86. The van der Waals surface area contributed by atoms with Gasteiger partial charge in [-0.1, -0.05) is 12.1 Å². The second-order valence-corrected chi connectivity index (χ2v) is 6.78. The van der Waals surface area contributed by atoms with Gasteiger partial charge in [0.05, 0.1) is 24.9 Å². The molecule has 0 unspecified atom stereocenters. The molecule has 0 bridgehead atoms. The van der Waals surface area contributed by atoms with E-state index in [2.05, 4.69) is 6.07 Å². The lowest BCUT2D eigenvalue weighted by atomic mass is 10.1. The first-order valence-corrected chi connectivity index (χ1v) is 9.02. The maximum absolute atomic E-state index is 12.3. The first-order chi connectivity index (χ1) is 10.9. The lowest BCUT2D eigenvalue weighted by Crippen LogP contribution is -2.07. The summed E-state index contributed by atoms with van der Waals surface area (Å²) in [5.74, 6) is 1.34. The van der Waals surface area contributed by atoms with Crippen LogP contribution in [-0.2, 0) is 13.6 Å². The van der Waals surface area contributed by atoms with Crippen molar-refractivity contribution in [3.8, 4) is 6.07 Å². The highest BCUT2D eigenvalue weighted by Gasteiger charge is 2.18. The van der Waals surface area contributed by atoms with Crippen LogP contribution in [0.1, 0.15) is 19.4 Å². The molecule has 0 amide bonds. The molecule has 6 heteroatoms. The molecule has 124 valence electrons. The van der Waals surface area contributed by atoms with E-state index in [1.54, 1.807) is 19.9 Å². The molecule has 0 aromatic heterocycles. The van der Waals surface area contributed by atoms with E-state index in [-0.39, 0.29) is 13.2 Å². The first kappa shape index (κ1) is 19.2. The molecule has 0 spiro atoms. The second kappa shape index (κ2) is 9.32. The van der Waals surface area contributed by atoms with Gasteiger partial charge in [-0.2, -0.15) is 5.26 Å². The predicted octanol–water partition coefficient (Wildman–Crippen LogP) is 4.44. The van der Waals surface area contributed by atoms with Crippen LogP contribution in [0, 0.1) is 11.3 Å². The zero-order chi connectivity index (χ0) is 17.3. The van der Waals surface area contributed by atoms with E-state index in [0.717, 1.165) is 11.3 Å². The fourth-order valence-electron chi connectivity index (χ4n) is 1.82. The van der Waals surface area contributed by atoms with Crippen LogP contribution in [0.2, 0.25) is 0 Å². The summed E-state index contributed by atoms with van der Waals surface area (Å²) in [5, 5.41) is 9.24. The van der Waals surface area contributed by atoms with E-state index in [0.29, 0.717) is 5.57 Å². The fraction of sp³-hybridized carbons (Fsp3) is 0.353. The van der Waals surface area contributed by atoms with Crippen molar-refractivity contribution in [3.05, 3.63) is 47.3 Å². The lowest BCUT2D eigenvalue weighted by Gasteiger charge is -2.12. The quantitative estimate of drug-likeness (QED) is 0.399. The molecule has 0 aliphatic rings. The molecule has 0 fully saturated rings. The normalized spacial score (nSPS) is 12.4. The maximum Gasteiger partial charge on any atom is 0.354 e. The molecule has 5 nitrogen and oxygen atoms in total. The zero-order valence-electron chi connectivity index (χ0n) is 14.0. The number of allylic oxidation sites excluding steroid dienone is 2. The molecule has 23 heavy (non-hydrogen) atoms. The van der Waals surface area contributed by atoms with Crippen LogP contribution in [-0.4, -0.2) is 27.3 Å². The number of benzene rings is 1. The highest BCUT2D eigenvalue weighted by molar-refractivity contribution is 7.57. The van der Waals surface area contributed by atoms with E-state index >= 15 is 0 Å². The van der Waals surface area contributed by atoms with Crippen LogP contribution in [0.15, 0.2) is 41.7 Å². The van der Waals surface area contributed by atoms with Crippen LogP contribution >= 0.6 is 7.60 Å². The smallest absolute Gasteiger partial charge is 0.354 e. The predicted molar refractivity (Wildman–Crippen MR) is 94.4 cm³/mol. The molecule has 0 atom stereocenters. The molecule has 1 aromatic rings. The Labute approximate surface area is 138 Å². The molecular formula is C17H23N2O3P. The summed E-state index contributed by atoms with van der Waals surface area (Å²) in [6, 6.07) is 9.86. The van der Waals surface area contributed by atoms with Crippen LogP contribution < -0.4 is 4.90 Å². The van der Waals surface area contributed by atoms with Gasteiger partial charge in [-0.05, 0) is 43.7 Å². The summed E-state index contributed by atoms with van der Waals surface area (Å²) in [6.07, 6.45) is 3.20. The number of hydrogen-bond donors (Lipinski definition) is 0. The Morgan fingerprint density at radius 2 is 1.78 bits per heavy atom. The molecule has 1 rings (SSSR count). The topological polar surface area (TPSA) is 62.6 Å². The summed E-state index contributed by atoms with van der Waals surface area (Å²) in [7, 11) is 0.640. The number of nitrogens with zero attached hydrogens (tertiary/aromatic N) is 2. The van der Waals surface area contributed by atoms with Crippen molar-refractivity contribution in [1.82, 2.24) is 0 Å². The van der Waals surface area contributed by atoms with Crippen molar-refractivity contribution in [2.45, 2.75) is 13.8 Å². The Morgan fingerprint density at radius 3 is 2.22 bits per heavy atom. The lowest BCUT2D eigenvalue weighted by molar-refractivity contribution is 0.229. The molecule has 0 N–H and O–H groups in total. The van der Waals surface area contributed by atoms with E-state index in [4.69, 9.17) is 9.05 Å². The minimum absolute atomic E-state index is 0.277. The second-order valence-electron chi connectivity index (χ2n) is 4.89. The van der Waals surface area contributed by atoms with Crippen molar-refractivity contribution >= 4 is 19.4 Å². The third-order valence-corrected chi connectivity index (χ3v) is 4.67. The molecule has 0 aliphatic carbocycles. The van der Waals surface area contributed by atoms with Gasteiger partial charge in [-0.25, -0.2) is 0 Å². The molecule has 0 saturated carbocycles. The van der Waals surface area contributed by atoms with Crippen LogP contribution in [0.25, 0.3) is 6.08 Å². The van der Waals surface area contributed by atoms with Crippen molar-refractivity contribution in [3.63, 3.8) is 0 Å². The molecule has 0 heterocycles. The van der Waals surface area contributed by atoms with Gasteiger partial charge in [-0.15, -0.1) is 0 Å². The summed E-state index contributed by atoms with van der Waals surface area (Å²) in [4.78, 5) is 2.00. The first-order valence-electron chi connectivity index (χ1n) is 7.41. The van der Waals surface area contributed by atoms with E-state index in [9.17, 15) is 9.83 Å². The Bertz CT molecular complexity index is 633. The summed E-state index contributed by atoms with van der Waals surface area (Å²) in [5.41, 5.74) is 2.34. The molecule has 0 aliphatic heterocycles. The van der Waals surface area contributed by atoms with Crippen LogP contribution in [0.5, 0.6) is 0 Å². The summed E-state index contributed by atoms with van der Waals surface area (Å²) < 4.78 is 22.7. The van der Waals surface area contributed by atoms with Gasteiger partial charge >= 0.3 is 7.60 Å². The Balaban J connectivity index is 2.97. The number of rotatable bonds is 8. The van der Waals surface area contributed by atoms with Crippen molar-refractivity contribution in [2.24, 2.45) is 0 Å². The Morgan fingerprint density at radius 1 is 1.22 bits per heavy atom. The Kier molecular flexibility index (Phi) is 7.77. The van der Waals surface area contributed by atoms with E-state index in [1.807, 2.05) is 43.3 Å². The highest BCUT2D eigenvalue weighted by atomic mass is 31.2. The average molecular weight is 334 g/mol. The van der Waals surface area contributed by atoms with Gasteiger partial charge in [0.25, 0.3) is 0 Å².